The summed E-state index contributed by atoms with van der Waals surface area (Å²) in [7, 11) is 0. The van der Waals surface area contributed by atoms with Crippen molar-refractivity contribution < 1.29 is 14.6 Å². The van der Waals surface area contributed by atoms with Gasteiger partial charge in [-0.15, -0.1) is 0 Å². The lowest BCUT2D eigenvalue weighted by Gasteiger charge is -2.43. The molecule has 3 unspecified atom stereocenters. The summed E-state index contributed by atoms with van der Waals surface area (Å²) in [5.74, 6) is -0.0407. The van der Waals surface area contributed by atoms with E-state index in [9.17, 15) is 9.90 Å². The van der Waals surface area contributed by atoms with Crippen molar-refractivity contribution >= 4 is 5.91 Å². The van der Waals surface area contributed by atoms with E-state index in [4.69, 9.17) is 4.74 Å². The molecule has 0 aromatic heterocycles. The molecule has 1 N–H and O–H groups in total. The van der Waals surface area contributed by atoms with E-state index in [1.165, 1.54) is 0 Å². The van der Waals surface area contributed by atoms with Crippen LogP contribution in [0.5, 0.6) is 0 Å². The van der Waals surface area contributed by atoms with Crippen LogP contribution in [0.15, 0.2) is 30.3 Å². The number of carbonyl (C=O) groups is 1. The summed E-state index contributed by atoms with van der Waals surface area (Å²) in [5, 5.41) is 9.58. The summed E-state index contributed by atoms with van der Waals surface area (Å²) in [6.07, 6.45) is -0.236. The van der Waals surface area contributed by atoms with Crippen LogP contribution in [-0.4, -0.2) is 40.3 Å². The van der Waals surface area contributed by atoms with Gasteiger partial charge < -0.3 is 14.7 Å². The smallest absolute Gasteiger partial charge is 0.255 e. The fourth-order valence-electron chi connectivity index (χ4n) is 2.68. The molecule has 1 amide bonds. The van der Waals surface area contributed by atoms with Gasteiger partial charge in [0.15, 0.2) is 0 Å². The lowest BCUT2D eigenvalue weighted by molar-refractivity contribution is -0.181. The first kappa shape index (κ1) is 15.0. The lowest BCUT2D eigenvalue weighted by Crippen LogP contribution is -2.59. The maximum absolute atomic E-state index is 12.7. The van der Waals surface area contributed by atoms with E-state index in [1.807, 2.05) is 42.2 Å². The van der Waals surface area contributed by atoms with Gasteiger partial charge in [-0.05, 0) is 26.3 Å². The van der Waals surface area contributed by atoms with Crippen molar-refractivity contribution in [1.82, 2.24) is 4.90 Å². The molecule has 1 fully saturated rings. The molecule has 0 bridgehead atoms. The van der Waals surface area contributed by atoms with Crippen LogP contribution in [0.2, 0.25) is 0 Å². The third-order valence-electron chi connectivity index (χ3n) is 3.77. The second-order valence-corrected chi connectivity index (χ2v) is 5.86. The van der Waals surface area contributed by atoms with Crippen molar-refractivity contribution in [1.29, 1.82) is 0 Å². The topological polar surface area (TPSA) is 49.8 Å². The van der Waals surface area contributed by atoms with Crippen molar-refractivity contribution in [2.45, 2.75) is 51.5 Å². The maximum Gasteiger partial charge on any atom is 0.255 e. The van der Waals surface area contributed by atoms with E-state index in [0.717, 1.165) is 5.56 Å². The zero-order chi connectivity index (χ0) is 14.8. The van der Waals surface area contributed by atoms with Crippen LogP contribution in [0.4, 0.5) is 0 Å². The van der Waals surface area contributed by atoms with E-state index in [2.05, 4.69) is 0 Å². The number of aliphatic hydroxyl groups excluding tert-OH is 1. The Morgan fingerprint density at radius 1 is 1.45 bits per heavy atom. The van der Waals surface area contributed by atoms with Crippen molar-refractivity contribution in [3.8, 4) is 0 Å². The first-order chi connectivity index (χ1) is 9.42. The van der Waals surface area contributed by atoms with Gasteiger partial charge in [0.25, 0.3) is 5.91 Å². The average molecular weight is 277 g/mol. The normalized spacial score (nSPS) is 28.5. The highest BCUT2D eigenvalue weighted by Gasteiger charge is 2.44. The molecule has 1 aromatic carbocycles. The maximum atomic E-state index is 12.7. The molecule has 1 heterocycles. The minimum absolute atomic E-state index is 0.0407. The van der Waals surface area contributed by atoms with Crippen molar-refractivity contribution in [2.75, 3.05) is 6.61 Å². The third kappa shape index (κ3) is 3.19. The van der Waals surface area contributed by atoms with Crippen LogP contribution < -0.4 is 0 Å². The molecule has 2 rings (SSSR count). The van der Waals surface area contributed by atoms with Crippen molar-refractivity contribution in [2.24, 2.45) is 0 Å². The Kier molecular flexibility index (Phi) is 4.45. The molecule has 3 atom stereocenters. The monoisotopic (exact) mass is 277 g/mol. The van der Waals surface area contributed by atoms with Gasteiger partial charge in [0.1, 0.15) is 5.60 Å². The molecule has 0 aliphatic carbocycles. The standard InChI is InChI=1S/C16H23NO3/c1-12-11-20-16(3,9-13(2)18)15(19)17(12)10-14-7-5-4-6-8-14/h4-8,12-13,18H,9-11H2,1-3H3. The molecule has 0 spiro atoms. The summed E-state index contributed by atoms with van der Waals surface area (Å²) < 4.78 is 5.72. The van der Waals surface area contributed by atoms with Gasteiger partial charge in [-0.3, -0.25) is 4.79 Å². The van der Waals surface area contributed by atoms with Crippen molar-refractivity contribution in [3.05, 3.63) is 35.9 Å². The summed E-state index contributed by atoms with van der Waals surface area (Å²) in [6, 6.07) is 9.98. The molecule has 0 saturated carbocycles. The molecule has 110 valence electrons. The quantitative estimate of drug-likeness (QED) is 0.915. The van der Waals surface area contributed by atoms with Crippen LogP contribution in [0.1, 0.15) is 32.8 Å². The summed E-state index contributed by atoms with van der Waals surface area (Å²) in [5.41, 5.74) is 0.184. The molecule has 1 saturated heterocycles. The van der Waals surface area contributed by atoms with E-state index >= 15 is 0 Å². The van der Waals surface area contributed by atoms with E-state index in [1.54, 1.807) is 13.8 Å². The number of carbonyl (C=O) groups excluding carboxylic acids is 1. The number of amides is 1. The van der Waals surface area contributed by atoms with Crippen LogP contribution in [-0.2, 0) is 16.1 Å². The fraction of sp³-hybridized carbons (Fsp3) is 0.562. The predicted molar refractivity (Wildman–Crippen MR) is 77.1 cm³/mol. The minimum Gasteiger partial charge on any atom is -0.393 e. The van der Waals surface area contributed by atoms with Gasteiger partial charge in [0.2, 0.25) is 0 Å². The molecule has 1 aliphatic heterocycles. The number of hydrogen-bond acceptors (Lipinski definition) is 3. The highest BCUT2D eigenvalue weighted by Crippen LogP contribution is 2.28. The van der Waals surface area contributed by atoms with Crippen LogP contribution in [0, 0.1) is 0 Å². The van der Waals surface area contributed by atoms with Gasteiger partial charge >= 0.3 is 0 Å². The van der Waals surface area contributed by atoms with E-state index in [0.29, 0.717) is 19.6 Å². The van der Waals surface area contributed by atoms with Gasteiger partial charge in [0.05, 0.1) is 18.8 Å². The molecule has 0 radical (unpaired) electrons. The lowest BCUT2D eigenvalue weighted by atomic mass is 9.94. The summed E-state index contributed by atoms with van der Waals surface area (Å²) in [4.78, 5) is 14.5. The number of morpholine rings is 1. The Morgan fingerprint density at radius 2 is 2.10 bits per heavy atom. The highest BCUT2D eigenvalue weighted by atomic mass is 16.5. The van der Waals surface area contributed by atoms with E-state index in [-0.39, 0.29) is 11.9 Å². The Hall–Kier alpha value is -1.39. The Bertz CT molecular complexity index is 460. The second-order valence-electron chi connectivity index (χ2n) is 5.86. The number of ether oxygens (including phenoxy) is 1. The largest absolute Gasteiger partial charge is 0.393 e. The van der Waals surface area contributed by atoms with Gasteiger partial charge in [-0.2, -0.15) is 0 Å². The van der Waals surface area contributed by atoms with Crippen LogP contribution in [0.3, 0.4) is 0 Å². The van der Waals surface area contributed by atoms with Crippen LogP contribution in [0.25, 0.3) is 0 Å². The predicted octanol–water partition coefficient (Wildman–Crippen LogP) is 1.96. The first-order valence-corrected chi connectivity index (χ1v) is 7.09. The average Bonchev–Trinajstić information content (AvgIpc) is 2.40. The highest BCUT2D eigenvalue weighted by molar-refractivity contribution is 5.85. The summed E-state index contributed by atoms with van der Waals surface area (Å²) >= 11 is 0. The molecule has 1 aliphatic rings. The Morgan fingerprint density at radius 3 is 2.70 bits per heavy atom. The Labute approximate surface area is 120 Å². The molecule has 1 aromatic rings. The van der Waals surface area contributed by atoms with Crippen LogP contribution >= 0.6 is 0 Å². The second kappa shape index (κ2) is 5.94. The summed E-state index contributed by atoms with van der Waals surface area (Å²) in [6.45, 7) is 6.53. The van der Waals surface area contributed by atoms with Crippen molar-refractivity contribution in [3.63, 3.8) is 0 Å². The van der Waals surface area contributed by atoms with Gasteiger partial charge in [-0.1, -0.05) is 30.3 Å². The molecular formula is C16H23NO3. The fourth-order valence-corrected chi connectivity index (χ4v) is 2.68. The SMILES string of the molecule is CC(O)CC1(C)OCC(C)N(Cc2ccccc2)C1=O. The number of hydrogen-bond donors (Lipinski definition) is 1. The molecule has 4 nitrogen and oxygen atoms in total. The van der Waals surface area contributed by atoms with E-state index < -0.39 is 11.7 Å². The molecule has 4 heteroatoms. The Balaban J connectivity index is 2.16. The first-order valence-electron chi connectivity index (χ1n) is 7.09. The number of rotatable bonds is 4. The zero-order valence-electron chi connectivity index (χ0n) is 12.4. The number of aliphatic hydroxyl groups is 1. The van der Waals surface area contributed by atoms with Gasteiger partial charge in [0, 0.05) is 13.0 Å². The third-order valence-corrected chi connectivity index (χ3v) is 3.77. The van der Waals surface area contributed by atoms with Gasteiger partial charge in [-0.25, -0.2) is 0 Å². The number of benzene rings is 1. The minimum atomic E-state index is -0.921. The molecule has 20 heavy (non-hydrogen) atoms. The zero-order valence-corrected chi connectivity index (χ0v) is 12.4. The number of nitrogens with zero attached hydrogens (tertiary/aromatic N) is 1. The molecular weight excluding hydrogens is 254 g/mol.